The molecule has 2 aromatic rings. The first-order valence-electron chi connectivity index (χ1n) is 5.64. The van der Waals surface area contributed by atoms with Crippen molar-refractivity contribution in [1.29, 1.82) is 0 Å². The van der Waals surface area contributed by atoms with Crippen LogP contribution in [0.5, 0.6) is 0 Å². The van der Waals surface area contributed by atoms with Gasteiger partial charge in [0.15, 0.2) is 0 Å². The maximum Gasteiger partial charge on any atom is 0.354 e. The number of amides is 1. The fourth-order valence-corrected chi connectivity index (χ4v) is 1.85. The zero-order valence-corrected chi connectivity index (χ0v) is 11.8. The molecule has 0 aliphatic heterocycles. The van der Waals surface area contributed by atoms with Gasteiger partial charge in [0.05, 0.1) is 0 Å². The van der Waals surface area contributed by atoms with Crippen molar-refractivity contribution in [3.05, 3.63) is 58.1 Å². The minimum absolute atomic E-state index is 0.0295. The lowest BCUT2D eigenvalue weighted by Gasteiger charge is -2.05. The molecular weight excluding hydrogens is 326 g/mol. The average molecular weight is 336 g/mol. The van der Waals surface area contributed by atoms with E-state index in [2.05, 4.69) is 31.2 Å². The van der Waals surface area contributed by atoms with Gasteiger partial charge in [-0.05, 0) is 39.7 Å². The minimum atomic E-state index is -1.08. The summed E-state index contributed by atoms with van der Waals surface area (Å²) in [5.41, 5.74) is 1.18. The Balaban J connectivity index is 1.98. The Bertz CT molecular complexity index is 644. The summed E-state index contributed by atoms with van der Waals surface area (Å²) in [6.07, 6.45) is 2.95. The van der Waals surface area contributed by atoms with Crippen LogP contribution in [0, 0.1) is 0 Å². The van der Waals surface area contributed by atoms with E-state index in [4.69, 9.17) is 5.11 Å². The fourth-order valence-electron chi connectivity index (χ4n) is 1.48. The summed E-state index contributed by atoms with van der Waals surface area (Å²) in [7, 11) is 0. The SMILES string of the molecule is O=C(NCc1ccc(C(=O)O)nc1)c1ccnc(Br)c1. The van der Waals surface area contributed by atoms with Gasteiger partial charge in [-0.15, -0.1) is 0 Å². The smallest absolute Gasteiger partial charge is 0.354 e. The number of aromatic nitrogens is 2. The molecule has 2 aromatic heterocycles. The van der Waals surface area contributed by atoms with E-state index in [1.54, 1.807) is 18.2 Å². The predicted octanol–water partition coefficient (Wildman–Crippen LogP) is 1.87. The number of halogens is 1. The number of rotatable bonds is 4. The standard InChI is InChI=1S/C13H10BrN3O3/c14-11-5-9(3-4-15-11)12(18)17-7-8-1-2-10(13(19)20)16-6-8/h1-6H,7H2,(H,17,18)(H,19,20). The molecule has 0 radical (unpaired) electrons. The molecule has 0 saturated heterocycles. The highest BCUT2D eigenvalue weighted by Gasteiger charge is 2.07. The molecule has 20 heavy (non-hydrogen) atoms. The average Bonchev–Trinajstić information content (AvgIpc) is 2.45. The first-order valence-corrected chi connectivity index (χ1v) is 6.43. The van der Waals surface area contributed by atoms with E-state index in [0.29, 0.717) is 10.2 Å². The number of carboxylic acid groups (broad SMARTS) is 1. The molecule has 2 heterocycles. The van der Waals surface area contributed by atoms with Gasteiger partial charge in [-0.1, -0.05) is 6.07 Å². The highest BCUT2D eigenvalue weighted by molar-refractivity contribution is 9.10. The van der Waals surface area contributed by atoms with Gasteiger partial charge in [0.1, 0.15) is 10.3 Å². The third kappa shape index (κ3) is 3.61. The summed E-state index contributed by atoms with van der Waals surface area (Å²) in [4.78, 5) is 30.2. The molecule has 1 amide bonds. The Labute approximate surface area is 123 Å². The van der Waals surface area contributed by atoms with Crippen LogP contribution < -0.4 is 5.32 Å². The Kier molecular flexibility index (Phi) is 4.41. The molecule has 0 spiro atoms. The van der Waals surface area contributed by atoms with Crippen LogP contribution in [-0.2, 0) is 6.54 Å². The summed E-state index contributed by atoms with van der Waals surface area (Å²) >= 11 is 3.19. The molecule has 0 atom stereocenters. The van der Waals surface area contributed by atoms with Crippen LogP contribution in [0.4, 0.5) is 0 Å². The van der Waals surface area contributed by atoms with E-state index >= 15 is 0 Å². The van der Waals surface area contributed by atoms with Crippen molar-refractivity contribution in [1.82, 2.24) is 15.3 Å². The Morgan fingerprint density at radius 1 is 1.25 bits per heavy atom. The monoisotopic (exact) mass is 335 g/mol. The van der Waals surface area contributed by atoms with Gasteiger partial charge >= 0.3 is 5.97 Å². The second-order valence-corrected chi connectivity index (χ2v) is 4.72. The number of carbonyl (C=O) groups excluding carboxylic acids is 1. The molecular formula is C13H10BrN3O3. The number of nitrogens with zero attached hydrogens (tertiary/aromatic N) is 2. The minimum Gasteiger partial charge on any atom is -0.477 e. The zero-order chi connectivity index (χ0) is 14.5. The summed E-state index contributed by atoms with van der Waals surface area (Å²) in [6.45, 7) is 0.270. The summed E-state index contributed by atoms with van der Waals surface area (Å²) in [6, 6.07) is 6.22. The molecule has 0 bridgehead atoms. The Morgan fingerprint density at radius 2 is 2.05 bits per heavy atom. The van der Waals surface area contributed by atoms with Crippen LogP contribution in [0.15, 0.2) is 41.3 Å². The number of nitrogens with one attached hydrogen (secondary N) is 1. The lowest BCUT2D eigenvalue weighted by atomic mass is 10.2. The quantitative estimate of drug-likeness (QED) is 0.832. The van der Waals surface area contributed by atoms with Crippen LogP contribution in [0.2, 0.25) is 0 Å². The molecule has 0 aliphatic carbocycles. The van der Waals surface area contributed by atoms with Crippen molar-refractivity contribution >= 4 is 27.8 Å². The highest BCUT2D eigenvalue weighted by atomic mass is 79.9. The second-order valence-electron chi connectivity index (χ2n) is 3.91. The Hall–Kier alpha value is -2.28. The van der Waals surface area contributed by atoms with E-state index in [1.165, 1.54) is 18.5 Å². The number of carbonyl (C=O) groups is 2. The third-order valence-corrected chi connectivity index (χ3v) is 2.92. The number of hydrogen-bond donors (Lipinski definition) is 2. The molecule has 0 unspecified atom stereocenters. The van der Waals surface area contributed by atoms with Crippen LogP contribution in [0.3, 0.4) is 0 Å². The lowest BCUT2D eigenvalue weighted by molar-refractivity contribution is 0.0690. The normalized spacial score (nSPS) is 10.1. The summed E-state index contributed by atoms with van der Waals surface area (Å²) in [5, 5.41) is 11.4. The molecule has 0 fully saturated rings. The molecule has 0 aromatic carbocycles. The van der Waals surface area contributed by atoms with E-state index in [9.17, 15) is 9.59 Å². The van der Waals surface area contributed by atoms with Crippen LogP contribution >= 0.6 is 15.9 Å². The molecule has 102 valence electrons. The number of carboxylic acids is 1. The van der Waals surface area contributed by atoms with E-state index in [0.717, 1.165) is 5.56 Å². The van der Waals surface area contributed by atoms with Gasteiger partial charge in [0.25, 0.3) is 5.91 Å². The van der Waals surface area contributed by atoms with Gasteiger partial charge < -0.3 is 10.4 Å². The first kappa shape index (κ1) is 14.1. The largest absolute Gasteiger partial charge is 0.477 e. The van der Waals surface area contributed by atoms with Crippen molar-refractivity contribution in [2.45, 2.75) is 6.54 Å². The van der Waals surface area contributed by atoms with E-state index in [-0.39, 0.29) is 18.1 Å². The van der Waals surface area contributed by atoms with E-state index < -0.39 is 5.97 Å². The van der Waals surface area contributed by atoms with Gasteiger partial charge in [-0.3, -0.25) is 4.79 Å². The second kappa shape index (κ2) is 6.25. The third-order valence-electron chi connectivity index (χ3n) is 2.49. The van der Waals surface area contributed by atoms with Gasteiger partial charge in [-0.2, -0.15) is 0 Å². The summed E-state index contributed by atoms with van der Waals surface area (Å²) in [5.74, 6) is -1.32. The van der Waals surface area contributed by atoms with Crippen molar-refractivity contribution in [3.63, 3.8) is 0 Å². The fraction of sp³-hybridized carbons (Fsp3) is 0.0769. The lowest BCUT2D eigenvalue weighted by Crippen LogP contribution is -2.23. The van der Waals surface area contributed by atoms with Gasteiger partial charge in [0, 0.05) is 24.5 Å². The molecule has 0 saturated carbocycles. The van der Waals surface area contributed by atoms with Crippen LogP contribution in [0.25, 0.3) is 0 Å². The Morgan fingerprint density at radius 3 is 2.65 bits per heavy atom. The molecule has 0 aliphatic rings. The molecule has 6 nitrogen and oxygen atoms in total. The molecule has 2 N–H and O–H groups in total. The van der Waals surface area contributed by atoms with Crippen molar-refractivity contribution in [2.75, 3.05) is 0 Å². The topological polar surface area (TPSA) is 92.2 Å². The highest BCUT2D eigenvalue weighted by Crippen LogP contribution is 2.08. The maximum atomic E-state index is 11.9. The van der Waals surface area contributed by atoms with Gasteiger partial charge in [0.2, 0.25) is 0 Å². The maximum absolute atomic E-state index is 11.9. The van der Waals surface area contributed by atoms with E-state index in [1.807, 2.05) is 0 Å². The number of hydrogen-bond acceptors (Lipinski definition) is 4. The zero-order valence-electron chi connectivity index (χ0n) is 10.2. The molecule has 7 heteroatoms. The van der Waals surface area contributed by atoms with Crippen LogP contribution in [0.1, 0.15) is 26.4 Å². The number of pyridine rings is 2. The first-order chi connectivity index (χ1) is 9.56. The molecule has 2 rings (SSSR count). The van der Waals surface area contributed by atoms with Gasteiger partial charge in [-0.25, -0.2) is 14.8 Å². The van der Waals surface area contributed by atoms with Crippen molar-refractivity contribution in [2.24, 2.45) is 0 Å². The summed E-state index contributed by atoms with van der Waals surface area (Å²) < 4.78 is 0.581. The predicted molar refractivity (Wildman–Crippen MR) is 74.3 cm³/mol. The number of aromatic carboxylic acids is 1. The van der Waals surface area contributed by atoms with Crippen LogP contribution in [-0.4, -0.2) is 27.0 Å². The van der Waals surface area contributed by atoms with Crippen molar-refractivity contribution < 1.29 is 14.7 Å². The van der Waals surface area contributed by atoms with Crippen molar-refractivity contribution in [3.8, 4) is 0 Å².